The Labute approximate surface area is 123 Å². The van der Waals surface area contributed by atoms with E-state index < -0.39 is 9.05 Å². The number of nitrogens with zero attached hydrogens (tertiary/aromatic N) is 1. The molecule has 0 heterocycles. The maximum Gasteiger partial charge on any atom is 0.264 e. The molecule has 20 heavy (non-hydrogen) atoms. The molecule has 1 aromatic rings. The van der Waals surface area contributed by atoms with Crippen LogP contribution in [0.15, 0.2) is 23.1 Å². The summed E-state index contributed by atoms with van der Waals surface area (Å²) in [4.78, 5) is 13.3. The first kappa shape index (κ1) is 16.8. The van der Waals surface area contributed by atoms with Gasteiger partial charge in [0.25, 0.3) is 9.05 Å². The molecule has 0 atom stereocenters. The van der Waals surface area contributed by atoms with Gasteiger partial charge in [-0.15, -0.1) is 0 Å². The summed E-state index contributed by atoms with van der Waals surface area (Å²) in [5.41, 5.74) is 0.668. The number of carbonyl (C=O) groups is 1. The molecule has 0 fully saturated rings. The average Bonchev–Trinajstić information content (AvgIpc) is 2.36. The minimum absolute atomic E-state index is 0.0175. The van der Waals surface area contributed by atoms with Crippen LogP contribution in [0.5, 0.6) is 5.75 Å². The second-order valence-corrected chi connectivity index (χ2v) is 7.31. The number of hydrogen-bond acceptors (Lipinski definition) is 4. The smallest absolute Gasteiger partial charge is 0.264 e. The topological polar surface area (TPSA) is 63.7 Å². The van der Waals surface area contributed by atoms with Gasteiger partial charge in [-0.05, 0) is 17.7 Å². The monoisotopic (exact) mass is 319 g/mol. The molecule has 0 radical (unpaired) electrons. The molecule has 0 unspecified atom stereocenters. The summed E-state index contributed by atoms with van der Waals surface area (Å²) in [6.07, 6.45) is 0. The normalized spacial score (nSPS) is 11.5. The zero-order chi connectivity index (χ0) is 15.5. The maximum atomic E-state index is 11.8. The molecule has 0 aliphatic carbocycles. The summed E-state index contributed by atoms with van der Waals surface area (Å²) < 4.78 is 28.0. The Morgan fingerprint density at radius 3 is 2.45 bits per heavy atom. The van der Waals surface area contributed by atoms with Crippen LogP contribution in [0.3, 0.4) is 0 Å². The van der Waals surface area contributed by atoms with Gasteiger partial charge in [-0.2, -0.15) is 0 Å². The van der Waals surface area contributed by atoms with Gasteiger partial charge in [0, 0.05) is 30.2 Å². The molecule has 0 aliphatic heterocycles. The van der Waals surface area contributed by atoms with Crippen molar-refractivity contribution in [1.29, 1.82) is 0 Å². The van der Waals surface area contributed by atoms with Crippen LogP contribution in [0.2, 0.25) is 0 Å². The Morgan fingerprint density at radius 2 is 2.00 bits per heavy atom. The molecule has 0 spiro atoms. The van der Waals surface area contributed by atoms with Crippen LogP contribution >= 0.6 is 10.7 Å². The number of amides is 1. The highest BCUT2D eigenvalue weighted by Gasteiger charge is 2.19. The minimum Gasteiger partial charge on any atom is -0.495 e. The van der Waals surface area contributed by atoms with Crippen molar-refractivity contribution in [1.82, 2.24) is 4.90 Å². The molecule has 7 heteroatoms. The number of methoxy groups -OCH3 is 1. The lowest BCUT2D eigenvalue weighted by Gasteiger charge is -2.20. The third-order valence-corrected chi connectivity index (χ3v) is 4.12. The highest BCUT2D eigenvalue weighted by atomic mass is 35.7. The van der Waals surface area contributed by atoms with E-state index >= 15 is 0 Å². The van der Waals surface area contributed by atoms with Gasteiger partial charge in [-0.1, -0.05) is 19.9 Å². The highest BCUT2D eigenvalue weighted by Crippen LogP contribution is 2.28. The third kappa shape index (κ3) is 4.11. The Bertz CT molecular complexity index is 598. The Hall–Kier alpha value is -1.27. The zero-order valence-corrected chi connectivity index (χ0v) is 13.5. The van der Waals surface area contributed by atoms with Gasteiger partial charge < -0.3 is 9.64 Å². The van der Waals surface area contributed by atoms with E-state index in [1.165, 1.54) is 24.1 Å². The number of halogens is 1. The third-order valence-electron chi connectivity index (χ3n) is 2.78. The summed E-state index contributed by atoms with van der Waals surface area (Å²) >= 11 is 0. The Kier molecular flexibility index (Phi) is 5.42. The summed E-state index contributed by atoms with van der Waals surface area (Å²) in [5, 5.41) is 0. The number of hydrogen-bond donors (Lipinski definition) is 0. The van der Waals surface area contributed by atoms with E-state index in [1.54, 1.807) is 13.1 Å². The van der Waals surface area contributed by atoms with E-state index in [0.29, 0.717) is 12.1 Å². The fraction of sp³-hybridized carbons (Fsp3) is 0.462. The molecule has 1 rings (SSSR count). The first-order valence-electron chi connectivity index (χ1n) is 6.03. The molecule has 0 saturated carbocycles. The second kappa shape index (κ2) is 6.45. The van der Waals surface area contributed by atoms with Crippen LogP contribution in [0.25, 0.3) is 0 Å². The van der Waals surface area contributed by atoms with Gasteiger partial charge in [0.1, 0.15) is 10.6 Å². The van der Waals surface area contributed by atoms with Crippen LogP contribution in [-0.4, -0.2) is 33.4 Å². The van der Waals surface area contributed by atoms with E-state index in [4.69, 9.17) is 15.4 Å². The largest absolute Gasteiger partial charge is 0.495 e. The summed E-state index contributed by atoms with van der Waals surface area (Å²) in [6, 6.07) is 4.65. The van der Waals surface area contributed by atoms with Gasteiger partial charge in [0.15, 0.2) is 0 Å². The molecule has 1 aromatic carbocycles. The summed E-state index contributed by atoms with van der Waals surface area (Å²) in [5.74, 6) is 0.0483. The van der Waals surface area contributed by atoms with Crippen molar-refractivity contribution in [2.24, 2.45) is 5.92 Å². The molecule has 0 aromatic heterocycles. The lowest BCUT2D eigenvalue weighted by molar-refractivity contribution is -0.133. The SMILES string of the molecule is COc1ccc(CN(C)C(=O)C(C)C)cc1S(=O)(=O)Cl. The van der Waals surface area contributed by atoms with Crippen LogP contribution in [0.4, 0.5) is 0 Å². The summed E-state index contributed by atoms with van der Waals surface area (Å²) in [6.45, 7) is 3.92. The van der Waals surface area contributed by atoms with Crippen LogP contribution < -0.4 is 4.74 Å². The Morgan fingerprint density at radius 1 is 1.40 bits per heavy atom. The number of carbonyl (C=O) groups excluding carboxylic acids is 1. The first-order chi connectivity index (χ1) is 9.16. The lowest BCUT2D eigenvalue weighted by Crippen LogP contribution is -2.29. The molecular weight excluding hydrogens is 302 g/mol. The van der Waals surface area contributed by atoms with Crippen molar-refractivity contribution in [3.05, 3.63) is 23.8 Å². The van der Waals surface area contributed by atoms with Crippen LogP contribution in [-0.2, 0) is 20.4 Å². The van der Waals surface area contributed by atoms with E-state index in [2.05, 4.69) is 0 Å². The van der Waals surface area contributed by atoms with E-state index in [0.717, 1.165) is 0 Å². The molecule has 0 N–H and O–H groups in total. The fourth-order valence-corrected chi connectivity index (χ4v) is 2.85. The van der Waals surface area contributed by atoms with Gasteiger partial charge >= 0.3 is 0 Å². The number of benzene rings is 1. The van der Waals surface area contributed by atoms with Crippen molar-refractivity contribution in [2.75, 3.05) is 14.2 Å². The van der Waals surface area contributed by atoms with Gasteiger partial charge in [0.05, 0.1) is 7.11 Å². The molecule has 112 valence electrons. The van der Waals surface area contributed by atoms with E-state index in [9.17, 15) is 13.2 Å². The number of rotatable bonds is 5. The van der Waals surface area contributed by atoms with Gasteiger partial charge in [-0.3, -0.25) is 4.79 Å². The molecule has 0 saturated heterocycles. The van der Waals surface area contributed by atoms with Crippen molar-refractivity contribution >= 4 is 25.6 Å². The Balaban J connectivity index is 3.08. The fourth-order valence-electron chi connectivity index (χ4n) is 1.80. The highest BCUT2D eigenvalue weighted by molar-refractivity contribution is 8.13. The standard InChI is InChI=1S/C13H18ClNO4S/c1-9(2)13(16)15(3)8-10-5-6-11(19-4)12(7-10)20(14,17)18/h5-7,9H,8H2,1-4H3. The quantitative estimate of drug-likeness (QED) is 0.781. The van der Waals surface area contributed by atoms with Crippen LogP contribution in [0, 0.1) is 5.92 Å². The zero-order valence-electron chi connectivity index (χ0n) is 11.9. The van der Waals surface area contributed by atoms with E-state index in [-0.39, 0.29) is 22.5 Å². The molecule has 1 amide bonds. The molecule has 0 aliphatic rings. The van der Waals surface area contributed by atoms with Crippen LogP contribution in [0.1, 0.15) is 19.4 Å². The average molecular weight is 320 g/mol. The predicted octanol–water partition coefficient (Wildman–Crippen LogP) is 2.24. The predicted molar refractivity (Wildman–Crippen MR) is 77.3 cm³/mol. The molecule has 5 nitrogen and oxygen atoms in total. The first-order valence-corrected chi connectivity index (χ1v) is 8.34. The maximum absolute atomic E-state index is 11.8. The van der Waals surface area contributed by atoms with Crippen molar-refractivity contribution in [3.8, 4) is 5.75 Å². The van der Waals surface area contributed by atoms with Crippen molar-refractivity contribution in [3.63, 3.8) is 0 Å². The number of ether oxygens (including phenoxy) is 1. The second-order valence-electron chi connectivity index (χ2n) is 4.77. The van der Waals surface area contributed by atoms with Crippen molar-refractivity contribution in [2.45, 2.75) is 25.3 Å². The lowest BCUT2D eigenvalue weighted by atomic mass is 10.1. The summed E-state index contributed by atoms with van der Waals surface area (Å²) in [7, 11) is 4.52. The minimum atomic E-state index is -3.90. The molecule has 0 bridgehead atoms. The van der Waals surface area contributed by atoms with E-state index in [1.807, 2.05) is 13.8 Å². The van der Waals surface area contributed by atoms with Gasteiger partial charge in [0.2, 0.25) is 5.91 Å². The van der Waals surface area contributed by atoms with Gasteiger partial charge in [-0.25, -0.2) is 8.42 Å². The van der Waals surface area contributed by atoms with Crippen molar-refractivity contribution < 1.29 is 17.9 Å². The molecular formula is C13H18ClNO4S.